The minimum atomic E-state index is -1.05. The number of β-lactam (4-membered cyclic amide) rings is 1. The maximum atomic E-state index is 12.7. The molecule has 2 aliphatic heterocycles. The number of nitrogens with one attached hydrogen (secondary N) is 1. The van der Waals surface area contributed by atoms with Crippen molar-refractivity contribution in [2.45, 2.75) is 55.9 Å². The summed E-state index contributed by atoms with van der Waals surface area (Å²) in [5.74, 6) is -2.70. The number of nitrogens with zero attached hydrogens (tertiary/aromatic N) is 1. The van der Waals surface area contributed by atoms with Gasteiger partial charge in [0.1, 0.15) is 29.2 Å². The van der Waals surface area contributed by atoms with Crippen LogP contribution in [-0.4, -0.2) is 56.8 Å². The van der Waals surface area contributed by atoms with Crippen LogP contribution in [-0.2, 0) is 28.7 Å². The molecule has 166 valence electrons. The number of carbonyl (C=O) groups excluding carboxylic acids is 5. The number of nitrogens with two attached hydrogens (primary N) is 1. The molecular weight excluding hydrogens is 426 g/mol. The summed E-state index contributed by atoms with van der Waals surface area (Å²) in [7, 11) is 0. The van der Waals surface area contributed by atoms with Gasteiger partial charge in [-0.1, -0.05) is 12.1 Å². The number of carbonyl (C=O) groups is 5. The smallest absolute Gasteiger partial charge is 0.337 e. The van der Waals surface area contributed by atoms with E-state index in [1.807, 2.05) is 0 Å². The Bertz CT molecular complexity index is 947. The van der Waals surface area contributed by atoms with E-state index in [0.29, 0.717) is 11.3 Å². The molecule has 0 radical (unpaired) electrons. The van der Waals surface area contributed by atoms with E-state index >= 15 is 0 Å². The molecule has 1 aromatic rings. The van der Waals surface area contributed by atoms with Crippen molar-refractivity contribution in [2.24, 2.45) is 5.73 Å². The van der Waals surface area contributed by atoms with E-state index in [1.165, 1.54) is 35.7 Å². The predicted octanol–water partition coefficient (Wildman–Crippen LogP) is 0.249. The molecule has 3 rings (SSSR count). The largest absolute Gasteiger partial charge is 0.427 e. The zero-order chi connectivity index (χ0) is 23.1. The van der Waals surface area contributed by atoms with Gasteiger partial charge in [-0.15, -0.1) is 11.8 Å². The predicted molar refractivity (Wildman–Crippen MR) is 109 cm³/mol. The second-order valence-corrected chi connectivity index (χ2v) is 9.57. The number of esters is 3. The number of rotatable bonds is 5. The van der Waals surface area contributed by atoms with E-state index in [9.17, 15) is 24.0 Å². The Morgan fingerprint density at radius 2 is 1.74 bits per heavy atom. The van der Waals surface area contributed by atoms with Crippen molar-refractivity contribution in [3.05, 3.63) is 29.8 Å². The fraction of sp³-hybridized carbons (Fsp3) is 0.450. The van der Waals surface area contributed by atoms with Crippen LogP contribution in [0.2, 0.25) is 0 Å². The van der Waals surface area contributed by atoms with Crippen LogP contribution >= 0.6 is 11.8 Å². The first-order chi connectivity index (χ1) is 14.4. The average molecular weight is 449 g/mol. The minimum Gasteiger partial charge on any atom is -0.427 e. The van der Waals surface area contributed by atoms with Gasteiger partial charge in [0.15, 0.2) is 0 Å². The lowest BCUT2D eigenvalue weighted by molar-refractivity contribution is -0.169. The maximum absolute atomic E-state index is 12.7. The molecule has 11 heteroatoms. The quantitative estimate of drug-likeness (QED) is 0.279. The highest BCUT2D eigenvalue weighted by atomic mass is 32.2. The number of thioether (sulfide) groups is 1. The van der Waals surface area contributed by atoms with Crippen molar-refractivity contribution in [2.75, 3.05) is 0 Å². The van der Waals surface area contributed by atoms with Gasteiger partial charge in [0.05, 0.1) is 0 Å². The molecule has 31 heavy (non-hydrogen) atoms. The monoisotopic (exact) mass is 449 g/mol. The first-order valence-corrected chi connectivity index (χ1v) is 10.4. The molecule has 3 N–H and O–H groups in total. The fourth-order valence-electron chi connectivity index (χ4n) is 3.63. The SMILES string of the molecule is CC(=O)OC(=O)[C@H]1N2C(=O)C(NC(=O)[C@H](N)c3ccc(OC(C)=O)cc3)C2SC1(C)C. The van der Waals surface area contributed by atoms with Gasteiger partial charge in [0, 0.05) is 18.6 Å². The van der Waals surface area contributed by atoms with Crippen LogP contribution in [0.15, 0.2) is 24.3 Å². The highest BCUT2D eigenvalue weighted by Crippen LogP contribution is 2.51. The summed E-state index contributed by atoms with van der Waals surface area (Å²) in [6.07, 6.45) is 0. The number of hydrogen-bond donors (Lipinski definition) is 2. The number of hydrogen-bond acceptors (Lipinski definition) is 9. The summed E-state index contributed by atoms with van der Waals surface area (Å²) in [6.45, 7) is 5.93. The van der Waals surface area contributed by atoms with Gasteiger partial charge >= 0.3 is 17.9 Å². The molecular formula is C20H23N3O7S. The summed E-state index contributed by atoms with van der Waals surface area (Å²) in [6, 6.07) is 3.30. The van der Waals surface area contributed by atoms with Crippen LogP contribution in [0.4, 0.5) is 0 Å². The normalized spacial score (nSPS) is 24.5. The Hall–Kier alpha value is -2.92. The van der Waals surface area contributed by atoms with Gasteiger partial charge in [0.2, 0.25) is 11.8 Å². The zero-order valence-corrected chi connectivity index (χ0v) is 18.2. The van der Waals surface area contributed by atoms with Crippen molar-refractivity contribution in [3.8, 4) is 5.75 Å². The van der Waals surface area contributed by atoms with E-state index in [0.717, 1.165) is 6.92 Å². The number of ether oxygens (including phenoxy) is 2. The van der Waals surface area contributed by atoms with Crippen molar-refractivity contribution in [1.29, 1.82) is 0 Å². The molecule has 2 heterocycles. The molecule has 0 aliphatic carbocycles. The molecule has 2 aliphatic rings. The van der Waals surface area contributed by atoms with E-state index in [4.69, 9.17) is 15.2 Å². The van der Waals surface area contributed by atoms with Gasteiger partial charge in [-0.05, 0) is 31.5 Å². The molecule has 0 saturated carbocycles. The van der Waals surface area contributed by atoms with E-state index in [2.05, 4.69) is 5.32 Å². The highest BCUT2D eigenvalue weighted by molar-refractivity contribution is 8.01. The molecule has 0 spiro atoms. The fourth-order valence-corrected chi connectivity index (χ4v) is 5.25. The second kappa shape index (κ2) is 8.31. The Morgan fingerprint density at radius 3 is 2.29 bits per heavy atom. The molecule has 4 atom stereocenters. The highest BCUT2D eigenvalue weighted by Gasteiger charge is 2.64. The third-order valence-corrected chi connectivity index (χ3v) is 6.56. The average Bonchev–Trinajstić information content (AvgIpc) is 2.93. The summed E-state index contributed by atoms with van der Waals surface area (Å²) < 4.78 is 8.93. The van der Waals surface area contributed by atoms with Crippen LogP contribution < -0.4 is 15.8 Å². The van der Waals surface area contributed by atoms with Crippen LogP contribution in [0, 0.1) is 0 Å². The van der Waals surface area contributed by atoms with Crippen molar-refractivity contribution in [3.63, 3.8) is 0 Å². The van der Waals surface area contributed by atoms with Gasteiger partial charge in [-0.2, -0.15) is 0 Å². The van der Waals surface area contributed by atoms with E-state index in [1.54, 1.807) is 26.0 Å². The Morgan fingerprint density at radius 1 is 1.13 bits per heavy atom. The Labute approximate surface area is 182 Å². The summed E-state index contributed by atoms with van der Waals surface area (Å²) in [4.78, 5) is 61.1. The number of amides is 2. The van der Waals surface area contributed by atoms with Crippen molar-refractivity contribution >= 4 is 41.5 Å². The van der Waals surface area contributed by atoms with Crippen LogP contribution in [0.1, 0.15) is 39.3 Å². The van der Waals surface area contributed by atoms with Gasteiger partial charge in [-0.3, -0.25) is 19.2 Å². The Kier molecular flexibility index (Phi) is 6.10. The summed E-state index contributed by atoms with van der Waals surface area (Å²) >= 11 is 1.34. The zero-order valence-electron chi connectivity index (χ0n) is 17.4. The topological polar surface area (TPSA) is 145 Å². The first kappa shape index (κ1) is 22.8. The van der Waals surface area contributed by atoms with Gasteiger partial charge in [0.25, 0.3) is 0 Å². The molecule has 0 bridgehead atoms. The lowest BCUT2D eigenvalue weighted by Gasteiger charge is -2.44. The van der Waals surface area contributed by atoms with Crippen LogP contribution in [0.25, 0.3) is 0 Å². The minimum absolute atomic E-state index is 0.321. The summed E-state index contributed by atoms with van der Waals surface area (Å²) in [5.41, 5.74) is 6.49. The van der Waals surface area contributed by atoms with E-state index in [-0.39, 0.29) is 0 Å². The molecule has 0 aromatic heterocycles. The van der Waals surface area contributed by atoms with Crippen molar-refractivity contribution in [1.82, 2.24) is 10.2 Å². The van der Waals surface area contributed by atoms with Gasteiger partial charge < -0.3 is 25.4 Å². The maximum Gasteiger partial charge on any atom is 0.337 e. The first-order valence-electron chi connectivity index (χ1n) is 9.49. The molecule has 2 amide bonds. The third kappa shape index (κ3) is 4.42. The Balaban J connectivity index is 1.67. The molecule has 2 fully saturated rings. The van der Waals surface area contributed by atoms with Crippen LogP contribution in [0.3, 0.4) is 0 Å². The second-order valence-electron chi connectivity index (χ2n) is 7.80. The number of fused-ring (bicyclic) bond motifs is 1. The third-order valence-electron chi connectivity index (χ3n) is 4.99. The van der Waals surface area contributed by atoms with Crippen LogP contribution in [0.5, 0.6) is 5.75 Å². The standard InChI is InChI=1S/C20H23N3O7S/c1-9(24)29-12-7-5-11(6-8-12)13(21)16(26)22-14-17(27)23-15(19(28)30-10(2)25)20(3,4)31-18(14)23/h5-8,13-15,18H,21H2,1-4H3,(H,22,26)/t13-,14?,15-,18?/m1/s1. The molecule has 10 nitrogen and oxygen atoms in total. The van der Waals surface area contributed by atoms with Gasteiger partial charge in [-0.25, -0.2) is 4.79 Å². The molecule has 1 aromatic carbocycles. The molecule has 2 unspecified atom stereocenters. The van der Waals surface area contributed by atoms with E-state index < -0.39 is 58.0 Å². The van der Waals surface area contributed by atoms with Crippen molar-refractivity contribution < 1.29 is 33.4 Å². The number of benzene rings is 1. The summed E-state index contributed by atoms with van der Waals surface area (Å²) in [5, 5.41) is 2.16. The molecule has 2 saturated heterocycles. The lowest BCUT2D eigenvalue weighted by Crippen LogP contribution is -2.71. The lowest BCUT2D eigenvalue weighted by atomic mass is 9.95.